The summed E-state index contributed by atoms with van der Waals surface area (Å²) in [6, 6.07) is 28.0. The first-order chi connectivity index (χ1) is 12.8. The Balaban J connectivity index is 1.77. The number of carbonyl (C=O) groups is 1. The topological polar surface area (TPSA) is 29.5 Å². The van der Waals surface area contributed by atoms with Crippen molar-refractivity contribution in [1.82, 2.24) is 4.90 Å². The smallest absolute Gasteiger partial charge is 0.254 e. The van der Waals surface area contributed by atoms with E-state index in [2.05, 4.69) is 12.1 Å². The minimum atomic E-state index is 0.0190. The number of rotatable bonds is 7. The highest BCUT2D eigenvalue weighted by atomic mass is 16.5. The number of carbonyl (C=O) groups excluding carboxylic acids is 1. The molecule has 0 aliphatic rings. The molecule has 0 N–H and O–H groups in total. The number of hydrogen-bond donors (Lipinski definition) is 0. The average Bonchev–Trinajstić information content (AvgIpc) is 2.72. The van der Waals surface area contributed by atoms with Crippen LogP contribution in [0.25, 0.3) is 11.1 Å². The second kappa shape index (κ2) is 8.97. The Morgan fingerprint density at radius 3 is 2.00 bits per heavy atom. The summed E-state index contributed by atoms with van der Waals surface area (Å²) in [6.45, 7) is 1.65. The number of ether oxygens (including phenoxy) is 1. The molecule has 0 aliphatic carbocycles. The third-order valence-electron chi connectivity index (χ3n) is 4.31. The summed E-state index contributed by atoms with van der Waals surface area (Å²) in [4.78, 5) is 14.8. The van der Waals surface area contributed by atoms with Gasteiger partial charge in [-0.25, -0.2) is 0 Å². The maximum atomic E-state index is 13.0. The first-order valence-electron chi connectivity index (χ1n) is 8.75. The molecule has 0 spiro atoms. The largest absolute Gasteiger partial charge is 0.383 e. The number of benzene rings is 3. The van der Waals surface area contributed by atoms with Gasteiger partial charge >= 0.3 is 0 Å². The van der Waals surface area contributed by atoms with Gasteiger partial charge in [0.05, 0.1) is 6.61 Å². The molecule has 0 fully saturated rings. The van der Waals surface area contributed by atoms with Gasteiger partial charge < -0.3 is 9.64 Å². The zero-order chi connectivity index (χ0) is 18.2. The molecule has 0 heterocycles. The highest BCUT2D eigenvalue weighted by molar-refractivity contribution is 5.94. The zero-order valence-electron chi connectivity index (χ0n) is 15.0. The van der Waals surface area contributed by atoms with Gasteiger partial charge in [-0.2, -0.15) is 0 Å². The lowest BCUT2D eigenvalue weighted by Crippen LogP contribution is -2.33. The van der Waals surface area contributed by atoms with E-state index < -0.39 is 0 Å². The fourth-order valence-corrected chi connectivity index (χ4v) is 2.88. The summed E-state index contributed by atoms with van der Waals surface area (Å²) in [5.41, 5.74) is 4.05. The van der Waals surface area contributed by atoms with Crippen molar-refractivity contribution >= 4 is 5.91 Å². The Labute approximate surface area is 154 Å². The Hall–Kier alpha value is -2.91. The molecule has 0 atom stereocenters. The predicted molar refractivity (Wildman–Crippen MR) is 105 cm³/mol. The number of amides is 1. The van der Waals surface area contributed by atoms with E-state index in [0.29, 0.717) is 25.3 Å². The van der Waals surface area contributed by atoms with Gasteiger partial charge in [0, 0.05) is 25.8 Å². The van der Waals surface area contributed by atoms with Gasteiger partial charge in [-0.1, -0.05) is 72.8 Å². The minimum absolute atomic E-state index is 0.0190. The lowest BCUT2D eigenvalue weighted by Gasteiger charge is -2.23. The van der Waals surface area contributed by atoms with E-state index in [9.17, 15) is 4.79 Å². The van der Waals surface area contributed by atoms with Gasteiger partial charge in [0.2, 0.25) is 0 Å². The van der Waals surface area contributed by atoms with Crippen LogP contribution in [0.4, 0.5) is 0 Å². The fourth-order valence-electron chi connectivity index (χ4n) is 2.88. The summed E-state index contributed by atoms with van der Waals surface area (Å²) in [6.07, 6.45) is 0. The summed E-state index contributed by atoms with van der Waals surface area (Å²) >= 11 is 0. The highest BCUT2D eigenvalue weighted by Gasteiger charge is 2.16. The minimum Gasteiger partial charge on any atom is -0.383 e. The monoisotopic (exact) mass is 345 g/mol. The predicted octanol–water partition coefficient (Wildman–Crippen LogP) is 4.64. The van der Waals surface area contributed by atoms with Crippen LogP contribution in [0.1, 0.15) is 15.9 Å². The molecule has 3 rings (SSSR count). The molecule has 0 saturated carbocycles. The quantitative estimate of drug-likeness (QED) is 0.624. The van der Waals surface area contributed by atoms with Gasteiger partial charge in [0.1, 0.15) is 0 Å². The zero-order valence-corrected chi connectivity index (χ0v) is 15.0. The Morgan fingerprint density at radius 1 is 0.808 bits per heavy atom. The normalized spacial score (nSPS) is 10.5. The van der Waals surface area contributed by atoms with Crippen molar-refractivity contribution in [3.63, 3.8) is 0 Å². The van der Waals surface area contributed by atoms with Crippen LogP contribution in [-0.2, 0) is 11.3 Å². The van der Waals surface area contributed by atoms with Gasteiger partial charge in [0.15, 0.2) is 0 Å². The summed E-state index contributed by atoms with van der Waals surface area (Å²) < 4.78 is 5.18. The van der Waals surface area contributed by atoms with Crippen molar-refractivity contribution < 1.29 is 9.53 Å². The van der Waals surface area contributed by atoms with Crippen LogP contribution in [0.2, 0.25) is 0 Å². The van der Waals surface area contributed by atoms with Crippen molar-refractivity contribution in [3.8, 4) is 11.1 Å². The molecule has 3 aromatic rings. The lowest BCUT2D eigenvalue weighted by atomic mass is 10.0. The Morgan fingerprint density at radius 2 is 1.38 bits per heavy atom. The van der Waals surface area contributed by atoms with Crippen molar-refractivity contribution in [2.75, 3.05) is 20.3 Å². The fraction of sp³-hybridized carbons (Fsp3) is 0.174. The van der Waals surface area contributed by atoms with E-state index in [-0.39, 0.29) is 5.91 Å². The molecule has 0 saturated heterocycles. The lowest BCUT2D eigenvalue weighted by molar-refractivity contribution is 0.0680. The van der Waals surface area contributed by atoms with Crippen LogP contribution in [0.3, 0.4) is 0 Å². The Kier molecular flexibility index (Phi) is 6.18. The van der Waals surface area contributed by atoms with Gasteiger partial charge in [-0.05, 0) is 28.8 Å². The number of nitrogens with zero attached hydrogens (tertiary/aromatic N) is 1. The maximum Gasteiger partial charge on any atom is 0.254 e. The van der Waals surface area contributed by atoms with Crippen LogP contribution < -0.4 is 0 Å². The van der Waals surface area contributed by atoms with E-state index in [1.54, 1.807) is 7.11 Å². The summed E-state index contributed by atoms with van der Waals surface area (Å²) in [5.74, 6) is 0.0190. The van der Waals surface area contributed by atoms with E-state index in [1.807, 2.05) is 77.7 Å². The standard InChI is InChI=1S/C23H23NO2/c1-26-17-16-24(18-19-8-4-2-5-9-19)23(25)22-14-12-21(13-15-22)20-10-6-3-7-11-20/h2-15H,16-18H2,1H3. The second-order valence-corrected chi connectivity index (χ2v) is 6.15. The average molecular weight is 345 g/mol. The van der Waals surface area contributed by atoms with Crippen molar-refractivity contribution in [3.05, 3.63) is 96.1 Å². The van der Waals surface area contributed by atoms with Crippen molar-refractivity contribution in [1.29, 1.82) is 0 Å². The summed E-state index contributed by atoms with van der Waals surface area (Å²) in [5, 5.41) is 0. The molecule has 0 bridgehead atoms. The third-order valence-corrected chi connectivity index (χ3v) is 4.31. The van der Waals surface area contributed by atoms with E-state index in [0.717, 1.165) is 16.7 Å². The molecule has 3 aromatic carbocycles. The number of methoxy groups -OCH3 is 1. The van der Waals surface area contributed by atoms with Gasteiger partial charge in [-0.3, -0.25) is 4.79 Å². The van der Waals surface area contributed by atoms with Gasteiger partial charge in [0.25, 0.3) is 5.91 Å². The molecule has 132 valence electrons. The van der Waals surface area contributed by atoms with Crippen LogP contribution in [0, 0.1) is 0 Å². The Bertz CT molecular complexity index is 814. The maximum absolute atomic E-state index is 13.0. The van der Waals surface area contributed by atoms with Crippen LogP contribution in [-0.4, -0.2) is 31.1 Å². The first-order valence-corrected chi connectivity index (χ1v) is 8.75. The highest BCUT2D eigenvalue weighted by Crippen LogP contribution is 2.20. The van der Waals surface area contributed by atoms with Crippen molar-refractivity contribution in [2.45, 2.75) is 6.54 Å². The molecule has 3 heteroatoms. The van der Waals surface area contributed by atoms with E-state index in [4.69, 9.17) is 4.74 Å². The molecule has 0 radical (unpaired) electrons. The SMILES string of the molecule is COCCN(Cc1ccccc1)C(=O)c1ccc(-c2ccccc2)cc1. The molecular weight excluding hydrogens is 322 g/mol. The van der Waals surface area contributed by atoms with Crippen LogP contribution >= 0.6 is 0 Å². The van der Waals surface area contributed by atoms with E-state index in [1.165, 1.54) is 0 Å². The molecule has 0 aliphatic heterocycles. The van der Waals surface area contributed by atoms with Crippen molar-refractivity contribution in [2.24, 2.45) is 0 Å². The number of hydrogen-bond acceptors (Lipinski definition) is 2. The molecule has 1 amide bonds. The summed E-state index contributed by atoms with van der Waals surface area (Å²) in [7, 11) is 1.65. The first kappa shape index (κ1) is 17.9. The van der Waals surface area contributed by atoms with Crippen LogP contribution in [0.15, 0.2) is 84.9 Å². The third kappa shape index (κ3) is 4.58. The van der Waals surface area contributed by atoms with Gasteiger partial charge in [-0.15, -0.1) is 0 Å². The molecular formula is C23H23NO2. The van der Waals surface area contributed by atoms with Crippen LogP contribution in [0.5, 0.6) is 0 Å². The van der Waals surface area contributed by atoms with E-state index >= 15 is 0 Å². The second-order valence-electron chi connectivity index (χ2n) is 6.15. The molecule has 26 heavy (non-hydrogen) atoms. The molecule has 0 unspecified atom stereocenters. The molecule has 0 aromatic heterocycles. The molecule has 3 nitrogen and oxygen atoms in total.